The van der Waals surface area contributed by atoms with E-state index in [0.29, 0.717) is 12.4 Å². The second-order valence-corrected chi connectivity index (χ2v) is 6.48. The first-order valence-electron chi connectivity index (χ1n) is 5.69. The minimum atomic E-state index is -3.67. The largest absolute Gasteiger partial charge is 0.494 e. The Bertz CT molecular complexity index is 609. The molecule has 0 fully saturated rings. The van der Waals surface area contributed by atoms with Gasteiger partial charge in [-0.05, 0) is 30.7 Å². The second-order valence-electron chi connectivity index (χ2n) is 3.91. The van der Waals surface area contributed by atoms with Crippen LogP contribution in [0.1, 0.15) is 6.42 Å². The van der Waals surface area contributed by atoms with E-state index in [9.17, 15) is 8.42 Å². The fourth-order valence-electron chi connectivity index (χ4n) is 1.55. The number of ether oxygens (including phenoxy) is 1. The van der Waals surface area contributed by atoms with Crippen molar-refractivity contribution in [2.24, 2.45) is 0 Å². The molecule has 7 heteroatoms. The molecule has 0 spiro atoms. The van der Waals surface area contributed by atoms with Crippen molar-refractivity contribution in [3.8, 4) is 5.75 Å². The number of rotatable bonds is 6. The van der Waals surface area contributed by atoms with Crippen molar-refractivity contribution in [1.82, 2.24) is 9.55 Å². The molecule has 0 bridgehead atoms. The van der Waals surface area contributed by atoms with Crippen LogP contribution in [0.5, 0.6) is 5.75 Å². The van der Waals surface area contributed by atoms with Gasteiger partial charge in [0.05, 0.1) is 17.8 Å². The monoisotopic (exact) mass is 300 g/mol. The molecule has 0 aliphatic carbocycles. The smallest absolute Gasteiger partial charge is 0.261 e. The van der Waals surface area contributed by atoms with Gasteiger partial charge >= 0.3 is 0 Å². The van der Waals surface area contributed by atoms with Crippen molar-refractivity contribution in [2.75, 3.05) is 6.61 Å². The summed E-state index contributed by atoms with van der Waals surface area (Å²) in [6.07, 6.45) is 6.21. The molecule has 19 heavy (non-hydrogen) atoms. The van der Waals surface area contributed by atoms with Crippen LogP contribution in [0.2, 0.25) is 0 Å². The molecule has 0 saturated carbocycles. The molecule has 0 radical (unpaired) electrons. The van der Waals surface area contributed by atoms with E-state index in [-0.39, 0.29) is 4.90 Å². The van der Waals surface area contributed by atoms with Gasteiger partial charge in [-0.1, -0.05) is 0 Å². The summed E-state index contributed by atoms with van der Waals surface area (Å²) in [5.41, 5.74) is 0. The summed E-state index contributed by atoms with van der Waals surface area (Å²) in [5, 5.41) is 0. The maximum Gasteiger partial charge on any atom is 0.261 e. The van der Waals surface area contributed by atoms with Crippen LogP contribution >= 0.6 is 10.7 Å². The average Bonchev–Trinajstić information content (AvgIpc) is 2.87. The molecule has 1 aromatic heterocycles. The average molecular weight is 301 g/mol. The van der Waals surface area contributed by atoms with E-state index >= 15 is 0 Å². The van der Waals surface area contributed by atoms with E-state index in [1.165, 1.54) is 12.1 Å². The number of hydrogen-bond donors (Lipinski definition) is 0. The molecule has 0 aliphatic heterocycles. The number of imidazole rings is 1. The predicted octanol–water partition coefficient (Wildman–Crippen LogP) is 2.28. The zero-order valence-electron chi connectivity index (χ0n) is 10.1. The van der Waals surface area contributed by atoms with E-state index in [0.717, 1.165) is 13.0 Å². The van der Waals surface area contributed by atoms with Gasteiger partial charge in [0.1, 0.15) is 5.75 Å². The quantitative estimate of drug-likeness (QED) is 0.606. The second kappa shape index (κ2) is 6.08. The van der Waals surface area contributed by atoms with Crippen LogP contribution in [0.4, 0.5) is 0 Å². The van der Waals surface area contributed by atoms with Crippen molar-refractivity contribution >= 4 is 19.7 Å². The Kier molecular flexibility index (Phi) is 4.44. The molecule has 2 aromatic rings. The van der Waals surface area contributed by atoms with Gasteiger partial charge in [-0.3, -0.25) is 0 Å². The SMILES string of the molecule is O=S(=O)(Cl)c1ccc(OCCCn2ccnc2)cc1. The van der Waals surface area contributed by atoms with Gasteiger partial charge in [0.25, 0.3) is 9.05 Å². The molecule has 5 nitrogen and oxygen atoms in total. The molecular formula is C12H13ClN2O3S. The Morgan fingerprint density at radius 2 is 2.00 bits per heavy atom. The highest BCUT2D eigenvalue weighted by molar-refractivity contribution is 8.13. The van der Waals surface area contributed by atoms with Gasteiger partial charge in [0.15, 0.2) is 0 Å². The minimum Gasteiger partial charge on any atom is -0.494 e. The molecule has 2 rings (SSSR count). The first kappa shape index (κ1) is 13.9. The fourth-order valence-corrected chi connectivity index (χ4v) is 2.32. The number of aromatic nitrogens is 2. The van der Waals surface area contributed by atoms with Gasteiger partial charge in [0, 0.05) is 29.6 Å². The third-order valence-corrected chi connectivity index (χ3v) is 3.86. The molecule has 0 unspecified atom stereocenters. The summed E-state index contributed by atoms with van der Waals surface area (Å²) in [7, 11) is 1.55. The molecule has 0 aliphatic rings. The Balaban J connectivity index is 1.80. The molecule has 102 valence electrons. The number of halogens is 1. The van der Waals surface area contributed by atoms with Crippen molar-refractivity contribution in [3.05, 3.63) is 43.0 Å². The number of benzene rings is 1. The van der Waals surface area contributed by atoms with Gasteiger partial charge < -0.3 is 9.30 Å². The van der Waals surface area contributed by atoms with Gasteiger partial charge in [-0.25, -0.2) is 13.4 Å². The maximum atomic E-state index is 11.1. The standard InChI is InChI=1S/C12H13ClN2O3S/c13-19(16,17)12-4-2-11(3-5-12)18-9-1-7-15-8-6-14-10-15/h2-6,8,10H,1,7,9H2. The first-order chi connectivity index (χ1) is 9.05. The number of nitrogens with zero attached hydrogens (tertiary/aromatic N) is 2. The molecular weight excluding hydrogens is 288 g/mol. The summed E-state index contributed by atoms with van der Waals surface area (Å²) >= 11 is 0. The zero-order valence-corrected chi connectivity index (χ0v) is 11.6. The van der Waals surface area contributed by atoms with Gasteiger partial charge in [-0.15, -0.1) is 0 Å². The van der Waals surface area contributed by atoms with E-state index in [1.807, 2.05) is 10.8 Å². The highest BCUT2D eigenvalue weighted by Gasteiger charge is 2.08. The normalized spacial score (nSPS) is 11.4. The first-order valence-corrected chi connectivity index (χ1v) is 8.00. The Morgan fingerprint density at radius 1 is 1.26 bits per heavy atom. The van der Waals surface area contributed by atoms with Crippen molar-refractivity contribution in [2.45, 2.75) is 17.9 Å². The summed E-state index contributed by atoms with van der Waals surface area (Å²) in [6, 6.07) is 6.03. The molecule has 0 amide bonds. The number of hydrogen-bond acceptors (Lipinski definition) is 4. The maximum absolute atomic E-state index is 11.1. The molecule has 0 atom stereocenters. The van der Waals surface area contributed by atoms with Crippen molar-refractivity contribution in [1.29, 1.82) is 0 Å². The summed E-state index contributed by atoms with van der Waals surface area (Å²) in [5.74, 6) is 0.620. The van der Waals surface area contributed by atoms with Crippen molar-refractivity contribution < 1.29 is 13.2 Å². The summed E-state index contributed by atoms with van der Waals surface area (Å²) in [4.78, 5) is 4.01. The highest BCUT2D eigenvalue weighted by Crippen LogP contribution is 2.19. The van der Waals surface area contributed by atoms with Crippen LogP contribution in [-0.4, -0.2) is 24.6 Å². The van der Waals surface area contributed by atoms with E-state index in [2.05, 4.69) is 4.98 Å². The van der Waals surface area contributed by atoms with E-state index in [4.69, 9.17) is 15.4 Å². The molecule has 0 saturated heterocycles. The Labute approximate surface area is 116 Å². The molecule has 1 aromatic carbocycles. The topological polar surface area (TPSA) is 61.2 Å². The van der Waals surface area contributed by atoms with E-state index in [1.54, 1.807) is 24.7 Å². The third-order valence-electron chi connectivity index (χ3n) is 2.49. The molecule has 1 heterocycles. The fraction of sp³-hybridized carbons (Fsp3) is 0.250. The minimum absolute atomic E-state index is 0.0694. The zero-order chi connectivity index (χ0) is 13.7. The van der Waals surface area contributed by atoms with Crippen molar-refractivity contribution in [3.63, 3.8) is 0 Å². The van der Waals surface area contributed by atoms with Crippen LogP contribution in [0.15, 0.2) is 47.9 Å². The lowest BCUT2D eigenvalue weighted by atomic mass is 10.3. The summed E-state index contributed by atoms with van der Waals surface area (Å²) in [6.45, 7) is 1.37. The Morgan fingerprint density at radius 3 is 2.58 bits per heavy atom. The van der Waals surface area contributed by atoms with Crippen LogP contribution in [-0.2, 0) is 15.6 Å². The number of aryl methyl sites for hydroxylation is 1. The highest BCUT2D eigenvalue weighted by atomic mass is 35.7. The van der Waals surface area contributed by atoms with Crippen LogP contribution < -0.4 is 4.74 Å². The third kappa shape index (κ3) is 4.25. The molecule has 0 N–H and O–H groups in total. The van der Waals surface area contributed by atoms with E-state index < -0.39 is 9.05 Å². The van der Waals surface area contributed by atoms with Gasteiger partial charge in [0.2, 0.25) is 0 Å². The van der Waals surface area contributed by atoms with Crippen LogP contribution in [0.3, 0.4) is 0 Å². The lowest BCUT2D eigenvalue weighted by molar-refractivity contribution is 0.301. The van der Waals surface area contributed by atoms with Crippen LogP contribution in [0.25, 0.3) is 0 Å². The van der Waals surface area contributed by atoms with Gasteiger partial charge in [-0.2, -0.15) is 0 Å². The summed E-state index contributed by atoms with van der Waals surface area (Å²) < 4.78 is 29.6. The Hall–Kier alpha value is -1.53. The predicted molar refractivity (Wildman–Crippen MR) is 71.8 cm³/mol. The van der Waals surface area contributed by atoms with Crippen LogP contribution in [0, 0.1) is 0 Å². The lowest BCUT2D eigenvalue weighted by Gasteiger charge is -2.06. The lowest BCUT2D eigenvalue weighted by Crippen LogP contribution is -2.03.